The van der Waals surface area contributed by atoms with Crippen LogP contribution in [0.2, 0.25) is 0 Å². The van der Waals surface area contributed by atoms with Crippen LogP contribution < -0.4 is 0 Å². The lowest BCUT2D eigenvalue weighted by Gasteiger charge is -2.19. The van der Waals surface area contributed by atoms with Crippen molar-refractivity contribution >= 4 is 10.6 Å². The fraction of sp³-hybridized carbons (Fsp3) is 0.455. The molecule has 0 spiro atoms. The van der Waals surface area contributed by atoms with Crippen LogP contribution in [-0.2, 0) is 16.0 Å². The molecule has 1 rings (SSSR count). The molecule has 0 saturated heterocycles. The Bertz CT molecular complexity index is 406. The van der Waals surface area contributed by atoms with Gasteiger partial charge >= 0.3 is 10.6 Å². The topological polar surface area (TPSA) is 51.2 Å². The molecular weight excluding hydrogens is 212 g/mol. The predicted octanol–water partition coefficient (Wildman–Crippen LogP) is 2.29. The van der Waals surface area contributed by atoms with Crippen molar-refractivity contribution in [2.24, 2.45) is 0 Å². The van der Waals surface area contributed by atoms with E-state index < -0.39 is 10.6 Å². The van der Waals surface area contributed by atoms with Crippen LogP contribution in [0.4, 0.5) is 0 Å². The van der Waals surface area contributed by atoms with Crippen LogP contribution in [0.25, 0.3) is 0 Å². The standard InChI is InChI=1S/C11H16.O3S/c1-9-6-5-7-10(8-9)11(2,3)4;1-4(2)3/h5-8H,1-4H3;. The Balaban J connectivity index is 0.000000423. The zero-order valence-electron chi connectivity index (χ0n) is 9.44. The molecule has 0 radical (unpaired) electrons. The average molecular weight is 228 g/mol. The minimum Gasteiger partial charge on any atom is -0.142 e. The minimum atomic E-state index is -3.11. The van der Waals surface area contributed by atoms with E-state index in [0.717, 1.165) is 0 Å². The van der Waals surface area contributed by atoms with Crippen LogP contribution in [0.1, 0.15) is 31.9 Å². The number of aryl methyl sites for hydroxylation is 1. The zero-order chi connectivity index (χ0) is 12.1. The highest BCUT2D eigenvalue weighted by molar-refractivity contribution is 7.59. The summed E-state index contributed by atoms with van der Waals surface area (Å²) < 4.78 is 25.3. The summed E-state index contributed by atoms with van der Waals surface area (Å²) in [4.78, 5) is 0. The van der Waals surface area contributed by atoms with Gasteiger partial charge < -0.3 is 0 Å². The van der Waals surface area contributed by atoms with Gasteiger partial charge in [-0.05, 0) is 17.9 Å². The molecule has 4 heteroatoms. The molecule has 15 heavy (non-hydrogen) atoms. The molecule has 3 nitrogen and oxygen atoms in total. The normalized spacial score (nSPS) is 10.1. The van der Waals surface area contributed by atoms with Crippen molar-refractivity contribution in [3.8, 4) is 0 Å². The third-order valence-electron chi connectivity index (χ3n) is 1.88. The van der Waals surface area contributed by atoms with Crippen molar-refractivity contribution in [2.45, 2.75) is 33.1 Å². The lowest BCUT2D eigenvalue weighted by Crippen LogP contribution is -2.10. The van der Waals surface area contributed by atoms with E-state index in [9.17, 15) is 0 Å². The van der Waals surface area contributed by atoms with Gasteiger partial charge in [0.1, 0.15) is 0 Å². The van der Waals surface area contributed by atoms with Gasteiger partial charge in [-0.15, -0.1) is 12.6 Å². The second-order valence-electron chi connectivity index (χ2n) is 4.32. The summed E-state index contributed by atoms with van der Waals surface area (Å²) >= 11 is 0. The van der Waals surface area contributed by atoms with Gasteiger partial charge in [-0.2, -0.15) is 0 Å². The van der Waals surface area contributed by atoms with Crippen LogP contribution >= 0.6 is 0 Å². The van der Waals surface area contributed by atoms with Crippen LogP contribution in [0.15, 0.2) is 24.3 Å². The highest BCUT2D eigenvalue weighted by Crippen LogP contribution is 2.22. The molecule has 0 aliphatic heterocycles. The lowest BCUT2D eigenvalue weighted by molar-refractivity contribution is 0.559. The Morgan fingerprint density at radius 1 is 1.07 bits per heavy atom. The van der Waals surface area contributed by atoms with Gasteiger partial charge in [-0.3, -0.25) is 0 Å². The van der Waals surface area contributed by atoms with E-state index in [0.29, 0.717) is 0 Å². The highest BCUT2D eigenvalue weighted by Gasteiger charge is 2.12. The molecule has 0 heterocycles. The van der Waals surface area contributed by atoms with E-state index in [1.165, 1.54) is 11.1 Å². The molecule has 0 aliphatic carbocycles. The van der Waals surface area contributed by atoms with Gasteiger partial charge in [0.05, 0.1) is 0 Å². The summed E-state index contributed by atoms with van der Waals surface area (Å²) in [5.41, 5.74) is 3.04. The quantitative estimate of drug-likeness (QED) is 0.684. The van der Waals surface area contributed by atoms with E-state index in [-0.39, 0.29) is 5.41 Å². The molecule has 0 fully saturated rings. The molecule has 0 aliphatic rings. The van der Waals surface area contributed by atoms with Gasteiger partial charge in [-0.1, -0.05) is 50.6 Å². The van der Waals surface area contributed by atoms with E-state index in [4.69, 9.17) is 12.6 Å². The molecule has 1 aromatic carbocycles. The molecule has 0 atom stereocenters. The maximum Gasteiger partial charge on any atom is 0.425 e. The Hall–Kier alpha value is -1.16. The van der Waals surface area contributed by atoms with E-state index >= 15 is 0 Å². The van der Waals surface area contributed by atoms with Crippen LogP contribution in [0, 0.1) is 6.92 Å². The average Bonchev–Trinajstić information content (AvgIpc) is 2.01. The number of rotatable bonds is 0. The van der Waals surface area contributed by atoms with Crippen molar-refractivity contribution < 1.29 is 12.6 Å². The first kappa shape index (κ1) is 13.8. The maximum atomic E-state index is 8.44. The molecule has 0 unspecified atom stereocenters. The first-order chi connectivity index (χ1) is 6.73. The van der Waals surface area contributed by atoms with Crippen LogP contribution in [0.5, 0.6) is 0 Å². The van der Waals surface area contributed by atoms with E-state index in [1.54, 1.807) is 0 Å². The lowest BCUT2D eigenvalue weighted by atomic mass is 9.86. The maximum absolute atomic E-state index is 8.44. The summed E-state index contributed by atoms with van der Waals surface area (Å²) in [6, 6.07) is 8.69. The van der Waals surface area contributed by atoms with Gasteiger partial charge in [0.25, 0.3) is 0 Å². The first-order valence-electron chi connectivity index (χ1n) is 4.57. The third-order valence-corrected chi connectivity index (χ3v) is 1.88. The molecule has 0 amide bonds. The van der Waals surface area contributed by atoms with Crippen LogP contribution in [-0.4, -0.2) is 12.6 Å². The Morgan fingerprint density at radius 2 is 1.53 bits per heavy atom. The summed E-state index contributed by atoms with van der Waals surface area (Å²) in [6.45, 7) is 8.85. The SMILES string of the molecule is Cc1cccc(C(C)(C)C)c1.O=S(=O)=O. The summed E-state index contributed by atoms with van der Waals surface area (Å²) in [6.07, 6.45) is 0. The van der Waals surface area contributed by atoms with Crippen molar-refractivity contribution in [2.75, 3.05) is 0 Å². The van der Waals surface area contributed by atoms with Gasteiger partial charge in [0.2, 0.25) is 0 Å². The van der Waals surface area contributed by atoms with Crippen molar-refractivity contribution in [3.05, 3.63) is 35.4 Å². The highest BCUT2D eigenvalue weighted by atomic mass is 32.2. The minimum absolute atomic E-state index is 0.284. The summed E-state index contributed by atoms with van der Waals surface area (Å²) in [5, 5.41) is 0. The van der Waals surface area contributed by atoms with Crippen LogP contribution in [0.3, 0.4) is 0 Å². The zero-order valence-corrected chi connectivity index (χ0v) is 10.3. The third kappa shape index (κ3) is 6.85. The van der Waals surface area contributed by atoms with E-state index in [2.05, 4.69) is 52.0 Å². The largest absolute Gasteiger partial charge is 0.425 e. The number of hydrogen-bond acceptors (Lipinski definition) is 3. The molecule has 0 N–H and O–H groups in total. The number of hydrogen-bond donors (Lipinski definition) is 0. The Morgan fingerprint density at radius 3 is 1.80 bits per heavy atom. The molecular formula is C11H16O3S. The second-order valence-corrected chi connectivity index (χ2v) is 4.73. The van der Waals surface area contributed by atoms with Gasteiger partial charge in [0.15, 0.2) is 0 Å². The van der Waals surface area contributed by atoms with E-state index in [1.807, 2.05) is 0 Å². The fourth-order valence-electron chi connectivity index (χ4n) is 1.11. The molecule has 1 aromatic rings. The predicted molar refractivity (Wildman–Crippen MR) is 59.6 cm³/mol. The van der Waals surface area contributed by atoms with Crippen molar-refractivity contribution in [1.82, 2.24) is 0 Å². The molecule has 0 aromatic heterocycles. The molecule has 0 saturated carbocycles. The second kappa shape index (κ2) is 5.66. The van der Waals surface area contributed by atoms with Gasteiger partial charge in [-0.25, -0.2) is 0 Å². The number of benzene rings is 1. The van der Waals surface area contributed by atoms with Gasteiger partial charge in [0, 0.05) is 0 Å². The Kier molecular flexibility index (Phi) is 5.22. The fourth-order valence-corrected chi connectivity index (χ4v) is 1.11. The Labute approximate surface area is 92.2 Å². The molecule has 84 valence electrons. The monoisotopic (exact) mass is 228 g/mol. The molecule has 0 bridgehead atoms. The van der Waals surface area contributed by atoms with Crippen molar-refractivity contribution in [1.29, 1.82) is 0 Å². The summed E-state index contributed by atoms with van der Waals surface area (Å²) in [7, 11) is -3.11. The van der Waals surface area contributed by atoms with Crippen molar-refractivity contribution in [3.63, 3.8) is 0 Å². The summed E-state index contributed by atoms with van der Waals surface area (Å²) in [5.74, 6) is 0. The first-order valence-corrected chi connectivity index (χ1v) is 5.57. The smallest absolute Gasteiger partial charge is 0.142 e.